The van der Waals surface area contributed by atoms with Gasteiger partial charge in [-0.1, -0.05) is 36.7 Å². The number of rotatable bonds is 10. The molecule has 1 N–H and O–H groups in total. The zero-order valence-corrected chi connectivity index (χ0v) is 32.0. The predicted octanol–water partition coefficient (Wildman–Crippen LogP) is 6.25. The van der Waals surface area contributed by atoms with Crippen molar-refractivity contribution in [2.45, 2.75) is 69.1 Å². The maximum atomic E-state index is 13.9. The SMILES string of the molecule is C=S1(=O)NC(=O)c2ccc3c(c2)N(C[C@@H]2CC[C@H]2[C@@H](OCCOCCOCCOC)/C=C/C[C@H](C)[C@H]1C)C[C@@]1(CCCc2cc(Cl)ccc21)CO3. The van der Waals surface area contributed by atoms with Gasteiger partial charge in [0.05, 0.1) is 67.7 Å². The van der Waals surface area contributed by atoms with Crippen molar-refractivity contribution in [2.75, 3.05) is 71.3 Å². The van der Waals surface area contributed by atoms with E-state index in [-0.39, 0.29) is 28.6 Å². The molecule has 11 heteroatoms. The number of anilines is 1. The van der Waals surface area contributed by atoms with E-state index in [2.05, 4.69) is 46.7 Å². The molecule has 7 atom stereocenters. The lowest BCUT2D eigenvalue weighted by Crippen LogP contribution is -2.49. The van der Waals surface area contributed by atoms with Gasteiger partial charge in [0.1, 0.15) is 5.75 Å². The molecule has 1 saturated carbocycles. The van der Waals surface area contributed by atoms with Crippen LogP contribution in [0.2, 0.25) is 5.02 Å². The number of hydrogen-bond acceptors (Lipinski definition) is 8. The van der Waals surface area contributed by atoms with Gasteiger partial charge in [-0.25, -0.2) is 4.21 Å². The average Bonchev–Trinajstić information content (AvgIpc) is 3.24. The largest absolute Gasteiger partial charge is 0.490 e. The number of carbonyl (C=O) groups excluding carboxylic acids is 1. The first kappa shape index (κ1) is 38.1. The Kier molecular flexibility index (Phi) is 12.7. The first-order valence-electron chi connectivity index (χ1n) is 18.5. The minimum absolute atomic E-state index is 0.0270. The van der Waals surface area contributed by atoms with Crippen molar-refractivity contribution < 1.29 is 32.7 Å². The number of halogens is 1. The highest BCUT2D eigenvalue weighted by molar-refractivity contribution is 7.99. The van der Waals surface area contributed by atoms with E-state index in [0.29, 0.717) is 70.1 Å². The molecule has 1 spiro atoms. The van der Waals surface area contributed by atoms with Crippen molar-refractivity contribution in [2.24, 2.45) is 17.8 Å². The van der Waals surface area contributed by atoms with E-state index in [1.54, 1.807) is 13.2 Å². The number of hydrogen-bond donors (Lipinski definition) is 1. The number of carbonyl (C=O) groups is 1. The summed E-state index contributed by atoms with van der Waals surface area (Å²) in [6.45, 7) is 9.17. The fraction of sp³-hybridized carbons (Fsp3) is 0.600. The highest BCUT2D eigenvalue weighted by atomic mass is 35.5. The van der Waals surface area contributed by atoms with E-state index < -0.39 is 9.71 Å². The minimum atomic E-state index is -2.94. The summed E-state index contributed by atoms with van der Waals surface area (Å²) in [6, 6.07) is 11.9. The number of methoxy groups -OCH3 is 1. The smallest absolute Gasteiger partial charge is 0.262 e. The molecule has 6 rings (SSSR count). The van der Waals surface area contributed by atoms with Gasteiger partial charge in [-0.3, -0.25) is 9.52 Å². The molecule has 2 aliphatic heterocycles. The average molecular weight is 743 g/mol. The quantitative estimate of drug-likeness (QED) is 0.174. The van der Waals surface area contributed by atoms with Gasteiger partial charge in [0.15, 0.2) is 0 Å². The first-order chi connectivity index (χ1) is 24.6. The lowest BCUT2D eigenvalue weighted by molar-refractivity contribution is -0.0442. The second kappa shape index (κ2) is 17.0. The molecule has 1 unspecified atom stereocenters. The summed E-state index contributed by atoms with van der Waals surface area (Å²) < 4.78 is 46.3. The molecular formula is C40H55ClN2O7S. The molecule has 1 amide bonds. The summed E-state index contributed by atoms with van der Waals surface area (Å²) >= 11 is 6.47. The van der Waals surface area contributed by atoms with E-state index in [0.717, 1.165) is 61.7 Å². The van der Waals surface area contributed by atoms with Gasteiger partial charge in [-0.05, 0) is 111 Å². The Morgan fingerprint density at radius 2 is 1.84 bits per heavy atom. The molecule has 1 fully saturated rings. The second-order valence-electron chi connectivity index (χ2n) is 14.8. The van der Waals surface area contributed by atoms with Crippen LogP contribution in [0.1, 0.15) is 67.4 Å². The van der Waals surface area contributed by atoms with E-state index in [4.69, 9.17) is 35.3 Å². The summed E-state index contributed by atoms with van der Waals surface area (Å²) in [6.07, 6.45) is 10.2. The van der Waals surface area contributed by atoms with Crippen LogP contribution in [0.15, 0.2) is 48.6 Å². The van der Waals surface area contributed by atoms with Gasteiger partial charge in [0.2, 0.25) is 0 Å². The Labute approximate surface area is 309 Å². The minimum Gasteiger partial charge on any atom is -0.490 e. The lowest BCUT2D eigenvalue weighted by atomic mass is 9.68. The van der Waals surface area contributed by atoms with Crippen molar-refractivity contribution >= 4 is 38.8 Å². The fourth-order valence-corrected chi connectivity index (χ4v) is 9.80. The molecule has 0 radical (unpaired) electrons. The van der Waals surface area contributed by atoms with Crippen LogP contribution >= 0.6 is 11.6 Å². The molecule has 51 heavy (non-hydrogen) atoms. The van der Waals surface area contributed by atoms with Crippen molar-refractivity contribution in [3.05, 3.63) is 70.3 Å². The van der Waals surface area contributed by atoms with E-state index >= 15 is 0 Å². The molecule has 0 saturated heterocycles. The summed E-state index contributed by atoms with van der Waals surface area (Å²) in [7, 11) is -1.28. The van der Waals surface area contributed by atoms with Crippen molar-refractivity contribution in [3.63, 3.8) is 0 Å². The predicted molar refractivity (Wildman–Crippen MR) is 205 cm³/mol. The molecule has 2 bridgehead atoms. The van der Waals surface area contributed by atoms with Crippen LogP contribution in [0.5, 0.6) is 5.75 Å². The molecule has 0 aromatic heterocycles. The number of nitrogens with zero attached hydrogens (tertiary/aromatic N) is 1. The maximum absolute atomic E-state index is 13.9. The Balaban J connectivity index is 1.29. The number of ether oxygens (including phenoxy) is 5. The second-order valence-corrected chi connectivity index (χ2v) is 17.7. The molecule has 2 aromatic carbocycles. The monoisotopic (exact) mass is 742 g/mol. The third kappa shape index (κ3) is 8.96. The van der Waals surface area contributed by atoms with Crippen LogP contribution < -0.4 is 14.4 Å². The number of aryl methyl sites for hydroxylation is 1. The van der Waals surface area contributed by atoms with Gasteiger partial charge in [0.25, 0.3) is 5.91 Å². The molecule has 2 aromatic rings. The number of fused-ring (bicyclic) bond motifs is 4. The van der Waals surface area contributed by atoms with Crippen LogP contribution in [0.4, 0.5) is 5.69 Å². The standard InChI is InChI=1S/C40H55ClN2O7S/c1-28-7-5-9-37(49-22-21-48-20-19-47-18-17-46-3)34-13-10-32(34)25-43-26-40(16-6-8-30-23-33(41)12-14-35(30)40)27-50-38-15-11-31(24-36(38)43)39(44)42-51(4,45)29(28)2/h5,9,11-12,14-15,23-24,28-29,32,34,37H,4,6-8,10,13,16-22,25-27H2,1-3H3,(H,42,44,45)/b9-5+/t28-,29+,32-,34+,37-,40-,51?/m0/s1. The van der Waals surface area contributed by atoms with Crippen molar-refractivity contribution in [1.29, 1.82) is 0 Å². The van der Waals surface area contributed by atoms with E-state index in [1.807, 2.05) is 25.1 Å². The number of amides is 1. The highest BCUT2D eigenvalue weighted by Crippen LogP contribution is 2.47. The first-order valence-corrected chi connectivity index (χ1v) is 20.7. The molecular weight excluding hydrogens is 688 g/mol. The number of benzene rings is 2. The summed E-state index contributed by atoms with van der Waals surface area (Å²) in [5.41, 5.74) is 3.70. The maximum Gasteiger partial charge on any atom is 0.262 e. The van der Waals surface area contributed by atoms with Gasteiger partial charge in [-0.2, -0.15) is 0 Å². The zero-order chi connectivity index (χ0) is 36.0. The Morgan fingerprint density at radius 3 is 2.61 bits per heavy atom. The normalized spacial score (nSPS) is 31.4. The number of allylic oxidation sites excluding steroid dienone is 1. The van der Waals surface area contributed by atoms with Gasteiger partial charge < -0.3 is 28.6 Å². The van der Waals surface area contributed by atoms with Crippen LogP contribution in [-0.4, -0.2) is 93.8 Å². The number of nitrogens with one attached hydrogen (secondary N) is 1. The summed E-state index contributed by atoms with van der Waals surface area (Å²) in [4.78, 5) is 16.1. The van der Waals surface area contributed by atoms with Gasteiger partial charge in [0, 0.05) is 41.5 Å². The van der Waals surface area contributed by atoms with Gasteiger partial charge in [-0.15, -0.1) is 0 Å². The fourth-order valence-electron chi connectivity index (χ4n) is 8.12. The zero-order valence-electron chi connectivity index (χ0n) is 30.4. The van der Waals surface area contributed by atoms with Crippen molar-refractivity contribution in [1.82, 2.24) is 4.72 Å². The third-order valence-electron chi connectivity index (χ3n) is 11.5. The summed E-state index contributed by atoms with van der Waals surface area (Å²) in [5, 5.41) is 0.418. The van der Waals surface area contributed by atoms with E-state index in [9.17, 15) is 9.00 Å². The topological polar surface area (TPSA) is 95.6 Å². The molecule has 4 aliphatic rings. The molecule has 9 nitrogen and oxygen atoms in total. The Bertz CT molecular complexity index is 1650. The van der Waals surface area contributed by atoms with E-state index in [1.165, 1.54) is 11.1 Å². The Morgan fingerprint density at radius 1 is 1.06 bits per heavy atom. The van der Waals surface area contributed by atoms with Gasteiger partial charge >= 0.3 is 0 Å². The Hall–Kier alpha value is -2.60. The molecule has 2 heterocycles. The van der Waals surface area contributed by atoms with Crippen LogP contribution in [0, 0.1) is 17.8 Å². The third-order valence-corrected chi connectivity index (χ3v) is 13.9. The van der Waals surface area contributed by atoms with Crippen LogP contribution in [-0.2, 0) is 40.5 Å². The van der Waals surface area contributed by atoms with Crippen LogP contribution in [0.3, 0.4) is 0 Å². The van der Waals surface area contributed by atoms with Crippen molar-refractivity contribution in [3.8, 4) is 5.75 Å². The lowest BCUT2D eigenvalue weighted by Gasteiger charge is -2.46. The van der Waals surface area contributed by atoms with Crippen LogP contribution in [0.25, 0.3) is 0 Å². The molecule has 280 valence electrons. The highest BCUT2D eigenvalue weighted by Gasteiger charge is 2.44. The molecule has 2 aliphatic carbocycles. The summed E-state index contributed by atoms with van der Waals surface area (Å²) in [5.74, 6) is 5.13.